The first-order valence-electron chi connectivity index (χ1n) is 7.62. The first kappa shape index (κ1) is 19.3. The Morgan fingerprint density at radius 3 is 2.44 bits per heavy atom. The van der Waals surface area contributed by atoms with Crippen LogP contribution in [0.3, 0.4) is 0 Å². The van der Waals surface area contributed by atoms with Gasteiger partial charge in [0.2, 0.25) is 0 Å². The molecule has 0 aliphatic carbocycles. The van der Waals surface area contributed by atoms with E-state index in [2.05, 4.69) is 0 Å². The van der Waals surface area contributed by atoms with Crippen LogP contribution in [0.15, 0.2) is 66.7 Å². The van der Waals surface area contributed by atoms with Crippen LogP contribution in [0.1, 0.15) is 11.1 Å². The summed E-state index contributed by atoms with van der Waals surface area (Å²) in [7, 11) is 0. The van der Waals surface area contributed by atoms with Crippen LogP contribution in [-0.2, 0) is 13.2 Å². The smallest absolute Gasteiger partial charge is 0.124 e. The molecule has 0 saturated carbocycles. The van der Waals surface area contributed by atoms with Gasteiger partial charge in [0, 0.05) is 22.7 Å². The van der Waals surface area contributed by atoms with Crippen molar-refractivity contribution in [3.63, 3.8) is 0 Å². The van der Waals surface area contributed by atoms with Crippen LogP contribution >= 0.6 is 24.0 Å². The molecular weight excluding hydrogens is 360 g/mol. The third-order valence-electron chi connectivity index (χ3n) is 3.76. The van der Waals surface area contributed by atoms with Crippen LogP contribution < -0.4 is 10.5 Å². The highest BCUT2D eigenvalue weighted by Gasteiger charge is 2.09. The highest BCUT2D eigenvalue weighted by atomic mass is 35.5. The summed E-state index contributed by atoms with van der Waals surface area (Å²) in [5.41, 5.74) is 9.23. The standard InChI is InChI=1S/C20H17ClFNO.ClH/c21-19-8-7-17(22)11-18(19)15-6-9-20(16(10-15)12-23)24-13-14-4-2-1-3-5-14;/h1-11H,12-13,23H2;1H. The molecule has 0 bridgehead atoms. The van der Waals surface area contributed by atoms with Gasteiger partial charge in [0.15, 0.2) is 0 Å². The zero-order chi connectivity index (χ0) is 16.9. The van der Waals surface area contributed by atoms with Crippen molar-refractivity contribution in [1.82, 2.24) is 0 Å². The van der Waals surface area contributed by atoms with E-state index in [1.807, 2.05) is 48.5 Å². The van der Waals surface area contributed by atoms with Crippen molar-refractivity contribution in [2.75, 3.05) is 0 Å². The second-order valence-electron chi connectivity index (χ2n) is 5.43. The summed E-state index contributed by atoms with van der Waals surface area (Å²) in [5.74, 6) is 0.394. The fourth-order valence-electron chi connectivity index (χ4n) is 2.50. The molecule has 3 rings (SSSR count). The Morgan fingerprint density at radius 1 is 0.960 bits per heavy atom. The lowest BCUT2D eigenvalue weighted by molar-refractivity contribution is 0.303. The Bertz CT molecular complexity index is 840. The average molecular weight is 378 g/mol. The van der Waals surface area contributed by atoms with Crippen LogP contribution in [0.4, 0.5) is 4.39 Å². The van der Waals surface area contributed by atoms with E-state index in [0.29, 0.717) is 23.7 Å². The molecule has 0 fully saturated rings. The topological polar surface area (TPSA) is 35.2 Å². The van der Waals surface area contributed by atoms with Gasteiger partial charge in [-0.15, -0.1) is 12.4 Å². The van der Waals surface area contributed by atoms with E-state index in [0.717, 1.165) is 22.4 Å². The van der Waals surface area contributed by atoms with Gasteiger partial charge in [-0.05, 0) is 41.5 Å². The summed E-state index contributed by atoms with van der Waals surface area (Å²) in [6.07, 6.45) is 0. The Morgan fingerprint density at radius 2 is 1.72 bits per heavy atom. The van der Waals surface area contributed by atoms with E-state index >= 15 is 0 Å². The van der Waals surface area contributed by atoms with E-state index in [-0.39, 0.29) is 18.2 Å². The number of nitrogens with two attached hydrogens (primary N) is 1. The predicted octanol–water partition coefficient (Wildman–Crippen LogP) is 5.61. The molecule has 0 atom stereocenters. The van der Waals surface area contributed by atoms with E-state index in [9.17, 15) is 4.39 Å². The minimum absolute atomic E-state index is 0. The molecule has 5 heteroatoms. The second kappa shape index (κ2) is 8.86. The number of hydrogen-bond donors (Lipinski definition) is 1. The van der Waals surface area contributed by atoms with Crippen LogP contribution in [0.25, 0.3) is 11.1 Å². The third kappa shape index (κ3) is 4.73. The molecule has 0 spiro atoms. The maximum Gasteiger partial charge on any atom is 0.124 e. The second-order valence-corrected chi connectivity index (χ2v) is 5.83. The van der Waals surface area contributed by atoms with Gasteiger partial charge in [0.1, 0.15) is 18.2 Å². The van der Waals surface area contributed by atoms with Crippen molar-refractivity contribution in [1.29, 1.82) is 0 Å². The summed E-state index contributed by atoms with van der Waals surface area (Å²) < 4.78 is 19.4. The van der Waals surface area contributed by atoms with Gasteiger partial charge in [-0.2, -0.15) is 0 Å². The third-order valence-corrected chi connectivity index (χ3v) is 4.09. The fourth-order valence-corrected chi connectivity index (χ4v) is 2.73. The molecule has 0 amide bonds. The molecule has 0 radical (unpaired) electrons. The minimum Gasteiger partial charge on any atom is -0.489 e. The average Bonchev–Trinajstić information content (AvgIpc) is 2.62. The fraction of sp³-hybridized carbons (Fsp3) is 0.100. The summed E-state index contributed by atoms with van der Waals surface area (Å²) in [6, 6.07) is 19.8. The van der Waals surface area contributed by atoms with Gasteiger partial charge >= 0.3 is 0 Å². The maximum absolute atomic E-state index is 13.5. The first-order chi connectivity index (χ1) is 11.7. The van der Waals surface area contributed by atoms with Crippen molar-refractivity contribution >= 4 is 24.0 Å². The molecule has 2 N–H and O–H groups in total. The first-order valence-corrected chi connectivity index (χ1v) is 8.00. The molecule has 3 aromatic rings. The minimum atomic E-state index is -0.326. The van der Waals surface area contributed by atoms with Crippen LogP contribution in [-0.4, -0.2) is 0 Å². The Kier molecular flexibility index (Phi) is 6.82. The highest BCUT2D eigenvalue weighted by molar-refractivity contribution is 6.33. The van der Waals surface area contributed by atoms with E-state index in [1.54, 1.807) is 6.07 Å². The lowest BCUT2D eigenvalue weighted by Crippen LogP contribution is -2.03. The molecule has 0 heterocycles. The van der Waals surface area contributed by atoms with Gasteiger partial charge in [-0.25, -0.2) is 4.39 Å². The van der Waals surface area contributed by atoms with Crippen molar-refractivity contribution < 1.29 is 9.13 Å². The maximum atomic E-state index is 13.5. The van der Waals surface area contributed by atoms with Crippen LogP contribution in [0.2, 0.25) is 5.02 Å². The van der Waals surface area contributed by atoms with E-state index < -0.39 is 0 Å². The molecular formula is C20H18Cl2FNO. The molecule has 0 aliphatic heterocycles. The van der Waals surface area contributed by atoms with Crippen LogP contribution in [0, 0.1) is 5.82 Å². The Balaban J connectivity index is 0.00000225. The summed E-state index contributed by atoms with van der Waals surface area (Å²) >= 11 is 6.18. The highest BCUT2D eigenvalue weighted by Crippen LogP contribution is 2.32. The molecule has 0 aromatic heterocycles. The van der Waals surface area contributed by atoms with Gasteiger partial charge in [-0.3, -0.25) is 0 Å². The van der Waals surface area contributed by atoms with E-state index in [4.69, 9.17) is 22.1 Å². The van der Waals surface area contributed by atoms with Gasteiger partial charge < -0.3 is 10.5 Å². The lowest BCUT2D eigenvalue weighted by Gasteiger charge is -2.13. The molecule has 0 aliphatic rings. The van der Waals surface area contributed by atoms with Gasteiger partial charge in [0.25, 0.3) is 0 Å². The van der Waals surface area contributed by atoms with Crippen LogP contribution in [0.5, 0.6) is 5.75 Å². The summed E-state index contributed by atoms with van der Waals surface area (Å²) in [4.78, 5) is 0. The largest absolute Gasteiger partial charge is 0.489 e. The summed E-state index contributed by atoms with van der Waals surface area (Å²) in [5, 5.41) is 0.498. The molecule has 3 aromatic carbocycles. The van der Waals surface area contributed by atoms with Crippen molar-refractivity contribution in [3.05, 3.63) is 88.7 Å². The SMILES string of the molecule is Cl.NCc1cc(-c2cc(F)ccc2Cl)ccc1OCc1ccccc1. The Labute approximate surface area is 157 Å². The predicted molar refractivity (Wildman–Crippen MR) is 103 cm³/mol. The van der Waals surface area contributed by atoms with E-state index in [1.165, 1.54) is 12.1 Å². The molecule has 25 heavy (non-hydrogen) atoms. The van der Waals surface area contributed by atoms with Crippen molar-refractivity contribution in [2.24, 2.45) is 5.73 Å². The molecule has 2 nitrogen and oxygen atoms in total. The molecule has 0 unspecified atom stereocenters. The normalized spacial score (nSPS) is 10.2. The quantitative estimate of drug-likeness (QED) is 0.627. The zero-order valence-electron chi connectivity index (χ0n) is 13.4. The van der Waals surface area contributed by atoms with Crippen molar-refractivity contribution in [3.8, 4) is 16.9 Å². The monoisotopic (exact) mass is 377 g/mol. The number of hydrogen-bond acceptors (Lipinski definition) is 2. The lowest BCUT2D eigenvalue weighted by atomic mass is 10.0. The van der Waals surface area contributed by atoms with Crippen molar-refractivity contribution in [2.45, 2.75) is 13.2 Å². The number of ether oxygens (including phenoxy) is 1. The van der Waals surface area contributed by atoms with Gasteiger partial charge in [0.05, 0.1) is 0 Å². The summed E-state index contributed by atoms with van der Waals surface area (Å²) in [6.45, 7) is 0.790. The molecule has 0 saturated heterocycles. The van der Waals surface area contributed by atoms with Gasteiger partial charge in [-0.1, -0.05) is 48.0 Å². The zero-order valence-corrected chi connectivity index (χ0v) is 15.0. The number of rotatable bonds is 5. The number of halogens is 3. The Hall–Kier alpha value is -2.07. The number of benzene rings is 3. The molecule has 130 valence electrons.